The van der Waals surface area contributed by atoms with Gasteiger partial charge in [0, 0.05) is 12.3 Å². The molecule has 0 bridgehead atoms. The largest absolute Gasteiger partial charge is 0.486 e. The molecular formula is C18H13N5O5. The van der Waals surface area contributed by atoms with E-state index in [9.17, 15) is 9.59 Å². The smallest absolute Gasteiger partial charge is 0.343 e. The van der Waals surface area contributed by atoms with Gasteiger partial charge in [-0.25, -0.2) is 9.31 Å². The van der Waals surface area contributed by atoms with E-state index in [-0.39, 0.29) is 22.3 Å². The van der Waals surface area contributed by atoms with E-state index in [1.165, 1.54) is 22.4 Å². The molecule has 0 saturated carbocycles. The second kappa shape index (κ2) is 6.05. The first-order valence-electron chi connectivity index (χ1n) is 8.41. The Kier molecular flexibility index (Phi) is 3.51. The van der Waals surface area contributed by atoms with E-state index in [4.69, 9.17) is 14.2 Å². The molecule has 0 aliphatic carbocycles. The maximum Gasteiger partial charge on any atom is 0.343 e. The van der Waals surface area contributed by atoms with E-state index in [0.717, 1.165) is 0 Å². The van der Waals surface area contributed by atoms with Gasteiger partial charge in [-0.2, -0.15) is 5.10 Å². The van der Waals surface area contributed by atoms with Crippen molar-refractivity contribution in [2.24, 2.45) is 0 Å². The van der Waals surface area contributed by atoms with E-state index < -0.39 is 5.97 Å². The van der Waals surface area contributed by atoms with Crippen molar-refractivity contribution < 1.29 is 19.0 Å². The number of fused-ring (bicyclic) bond motifs is 4. The molecule has 5 rings (SSSR count). The van der Waals surface area contributed by atoms with Crippen LogP contribution >= 0.6 is 0 Å². The number of carbonyl (C=O) groups is 1. The second-order valence-electron chi connectivity index (χ2n) is 6.04. The highest BCUT2D eigenvalue weighted by Gasteiger charge is 2.19. The number of benzene rings is 1. The zero-order valence-corrected chi connectivity index (χ0v) is 14.7. The zero-order chi connectivity index (χ0) is 19.3. The molecule has 140 valence electrons. The minimum absolute atomic E-state index is 0.115. The van der Waals surface area contributed by atoms with E-state index in [0.29, 0.717) is 35.9 Å². The molecule has 4 aromatic rings. The van der Waals surface area contributed by atoms with Gasteiger partial charge in [0.1, 0.15) is 24.3 Å². The molecule has 10 nitrogen and oxygen atoms in total. The number of carbonyl (C=O) groups excluding carboxylic acids is 1. The van der Waals surface area contributed by atoms with Crippen LogP contribution in [0.25, 0.3) is 22.4 Å². The molecule has 3 aromatic heterocycles. The Labute approximate surface area is 156 Å². The lowest BCUT2D eigenvalue weighted by Gasteiger charge is -2.19. The first-order chi connectivity index (χ1) is 13.7. The molecule has 1 aromatic carbocycles. The summed E-state index contributed by atoms with van der Waals surface area (Å²) in [6, 6.07) is 6.93. The van der Waals surface area contributed by atoms with Gasteiger partial charge in [0.15, 0.2) is 22.7 Å². The van der Waals surface area contributed by atoms with Gasteiger partial charge in [0.05, 0.1) is 19.0 Å². The molecular weight excluding hydrogens is 366 g/mol. The highest BCUT2D eigenvalue weighted by atomic mass is 16.6. The van der Waals surface area contributed by atoms with Crippen molar-refractivity contribution in [3.8, 4) is 17.2 Å². The Hall–Kier alpha value is -3.95. The van der Waals surface area contributed by atoms with Gasteiger partial charge in [0.2, 0.25) is 0 Å². The van der Waals surface area contributed by atoms with Gasteiger partial charge in [-0.3, -0.25) is 9.36 Å². The summed E-state index contributed by atoms with van der Waals surface area (Å²) in [4.78, 5) is 24.8. The van der Waals surface area contributed by atoms with Crippen molar-refractivity contribution >= 4 is 22.6 Å². The quantitative estimate of drug-likeness (QED) is 0.474. The van der Waals surface area contributed by atoms with Crippen LogP contribution in [0, 0.1) is 0 Å². The van der Waals surface area contributed by atoms with Crippen LogP contribution in [0.4, 0.5) is 0 Å². The predicted molar refractivity (Wildman–Crippen MR) is 96.2 cm³/mol. The Morgan fingerprint density at radius 3 is 2.79 bits per heavy atom. The van der Waals surface area contributed by atoms with E-state index in [1.807, 2.05) is 0 Å². The number of rotatable bonds is 2. The summed E-state index contributed by atoms with van der Waals surface area (Å²) in [5, 5.41) is 12.2. The SMILES string of the molecule is COC(=O)c1cnn2c1nnc1c(=O)n(-c3ccc4c(c3)OCCO4)ccc12. The second-order valence-corrected chi connectivity index (χ2v) is 6.04. The van der Waals surface area contributed by atoms with Crippen LogP contribution in [-0.2, 0) is 4.74 Å². The van der Waals surface area contributed by atoms with Gasteiger partial charge in [0.25, 0.3) is 5.56 Å². The Morgan fingerprint density at radius 1 is 1.14 bits per heavy atom. The number of ether oxygens (including phenoxy) is 3. The Morgan fingerprint density at radius 2 is 1.96 bits per heavy atom. The number of pyridine rings is 1. The molecule has 0 unspecified atom stereocenters. The molecule has 1 aliphatic heterocycles. The molecule has 0 amide bonds. The summed E-state index contributed by atoms with van der Waals surface area (Å²) in [7, 11) is 1.27. The van der Waals surface area contributed by atoms with E-state index >= 15 is 0 Å². The van der Waals surface area contributed by atoms with Crippen LogP contribution in [0.15, 0.2) is 41.5 Å². The number of methoxy groups -OCH3 is 1. The molecule has 0 radical (unpaired) electrons. The summed E-state index contributed by atoms with van der Waals surface area (Å²) < 4.78 is 18.6. The Bertz CT molecular complexity index is 1310. The summed E-state index contributed by atoms with van der Waals surface area (Å²) in [5.74, 6) is 0.637. The first kappa shape index (κ1) is 16.2. The van der Waals surface area contributed by atoms with Gasteiger partial charge >= 0.3 is 5.97 Å². The van der Waals surface area contributed by atoms with Crippen LogP contribution in [0.2, 0.25) is 0 Å². The molecule has 0 fully saturated rings. The molecule has 10 heteroatoms. The Balaban J connectivity index is 1.68. The fourth-order valence-electron chi connectivity index (χ4n) is 3.13. The monoisotopic (exact) mass is 379 g/mol. The average Bonchev–Trinajstić information content (AvgIpc) is 3.17. The van der Waals surface area contributed by atoms with Gasteiger partial charge in [-0.05, 0) is 18.2 Å². The molecule has 0 N–H and O–H groups in total. The normalized spacial score (nSPS) is 13.0. The third kappa shape index (κ3) is 2.31. The maximum atomic E-state index is 13.0. The number of esters is 1. The van der Waals surface area contributed by atoms with Gasteiger partial charge < -0.3 is 14.2 Å². The fourth-order valence-corrected chi connectivity index (χ4v) is 3.13. The number of nitrogens with zero attached hydrogens (tertiary/aromatic N) is 5. The number of hydrogen-bond acceptors (Lipinski definition) is 8. The summed E-state index contributed by atoms with van der Waals surface area (Å²) in [5.41, 5.74) is 1.17. The van der Waals surface area contributed by atoms with Gasteiger partial charge in [-0.1, -0.05) is 0 Å². The van der Waals surface area contributed by atoms with Crippen molar-refractivity contribution in [2.45, 2.75) is 0 Å². The molecule has 4 heterocycles. The van der Waals surface area contributed by atoms with Crippen LogP contribution in [0.5, 0.6) is 11.5 Å². The van der Waals surface area contributed by atoms with E-state index in [2.05, 4.69) is 15.3 Å². The van der Waals surface area contributed by atoms with Crippen LogP contribution < -0.4 is 15.0 Å². The molecule has 0 spiro atoms. The molecule has 0 atom stereocenters. The van der Waals surface area contributed by atoms with Crippen molar-refractivity contribution in [3.63, 3.8) is 0 Å². The maximum absolute atomic E-state index is 13.0. The fraction of sp³-hybridized carbons (Fsp3) is 0.167. The van der Waals surface area contributed by atoms with Crippen LogP contribution in [0.1, 0.15) is 10.4 Å². The predicted octanol–water partition coefficient (Wildman–Crippen LogP) is 0.986. The number of aromatic nitrogens is 5. The summed E-state index contributed by atoms with van der Waals surface area (Å²) in [6.45, 7) is 0.944. The highest BCUT2D eigenvalue weighted by molar-refractivity contribution is 5.96. The molecule has 28 heavy (non-hydrogen) atoms. The lowest BCUT2D eigenvalue weighted by molar-refractivity contribution is 0.0602. The molecule has 1 aliphatic rings. The van der Waals surface area contributed by atoms with Crippen molar-refractivity contribution in [2.75, 3.05) is 20.3 Å². The first-order valence-corrected chi connectivity index (χ1v) is 8.41. The van der Waals surface area contributed by atoms with Crippen molar-refractivity contribution in [1.82, 2.24) is 24.4 Å². The third-order valence-corrected chi connectivity index (χ3v) is 4.47. The van der Waals surface area contributed by atoms with Crippen LogP contribution in [0.3, 0.4) is 0 Å². The zero-order valence-electron chi connectivity index (χ0n) is 14.7. The average molecular weight is 379 g/mol. The minimum Gasteiger partial charge on any atom is -0.486 e. The standard InChI is InChI=1S/C18H13N5O5/c1-26-18(25)11-9-19-23-12-4-5-22(17(24)15(12)20-21-16(11)23)10-2-3-13-14(8-10)28-7-6-27-13/h2-5,8-9H,6-7H2,1H3. The van der Waals surface area contributed by atoms with Crippen molar-refractivity contribution in [1.29, 1.82) is 0 Å². The summed E-state index contributed by atoms with van der Waals surface area (Å²) >= 11 is 0. The van der Waals surface area contributed by atoms with Crippen molar-refractivity contribution in [3.05, 3.63) is 52.6 Å². The lowest BCUT2D eigenvalue weighted by atomic mass is 10.2. The van der Waals surface area contributed by atoms with E-state index in [1.54, 1.807) is 30.5 Å². The topological polar surface area (TPSA) is 110 Å². The third-order valence-electron chi connectivity index (χ3n) is 4.47. The lowest BCUT2D eigenvalue weighted by Crippen LogP contribution is -2.21. The highest BCUT2D eigenvalue weighted by Crippen LogP contribution is 2.31. The van der Waals surface area contributed by atoms with Crippen LogP contribution in [-0.4, -0.2) is 50.7 Å². The number of hydrogen-bond donors (Lipinski definition) is 0. The van der Waals surface area contributed by atoms with Gasteiger partial charge in [-0.15, -0.1) is 10.2 Å². The molecule has 0 saturated heterocycles. The minimum atomic E-state index is -0.576. The summed E-state index contributed by atoms with van der Waals surface area (Å²) in [6.07, 6.45) is 2.94.